The highest BCUT2D eigenvalue weighted by molar-refractivity contribution is 6.89. The van der Waals surface area contributed by atoms with Gasteiger partial charge in [-0.15, -0.1) is 0 Å². The first-order valence-electron chi connectivity index (χ1n) is 10.9. The molecule has 2 nitrogen and oxygen atoms in total. The lowest BCUT2D eigenvalue weighted by Crippen LogP contribution is -2.41. The van der Waals surface area contributed by atoms with E-state index in [1.165, 1.54) is 53.6 Å². The maximum Gasteiger partial charge on any atom is 0.135 e. The number of hydrogen-bond donors (Lipinski definition) is 0. The average molecular weight is 400 g/mol. The maximum absolute atomic E-state index is 6.00. The van der Waals surface area contributed by atoms with Gasteiger partial charge in [0.1, 0.15) is 11.2 Å². The van der Waals surface area contributed by atoms with E-state index in [0.29, 0.717) is 0 Å². The molecule has 2 aromatic carbocycles. The number of pyridine rings is 1. The van der Waals surface area contributed by atoms with Gasteiger partial charge in [0, 0.05) is 22.5 Å². The summed E-state index contributed by atoms with van der Waals surface area (Å²) in [5.41, 5.74) is 5.70. The Bertz CT molecular complexity index is 1180. The van der Waals surface area contributed by atoms with Gasteiger partial charge in [-0.1, -0.05) is 63.5 Å². The van der Waals surface area contributed by atoms with Gasteiger partial charge in [-0.2, -0.15) is 0 Å². The summed E-state index contributed by atoms with van der Waals surface area (Å²) in [4.78, 5) is 4.93. The van der Waals surface area contributed by atoms with Crippen LogP contribution >= 0.6 is 0 Å². The average Bonchev–Trinajstić information content (AvgIpc) is 3.34. The van der Waals surface area contributed by atoms with Gasteiger partial charge >= 0.3 is 0 Å². The van der Waals surface area contributed by atoms with Gasteiger partial charge in [-0.3, -0.25) is 4.98 Å². The van der Waals surface area contributed by atoms with Gasteiger partial charge in [0.2, 0.25) is 0 Å². The van der Waals surface area contributed by atoms with Gasteiger partial charge in [0.05, 0.1) is 13.8 Å². The van der Waals surface area contributed by atoms with Crippen molar-refractivity contribution in [3.63, 3.8) is 0 Å². The zero-order valence-corrected chi connectivity index (χ0v) is 18.7. The molecule has 3 heteroatoms. The molecule has 0 aliphatic heterocycles. The largest absolute Gasteiger partial charge is 0.456 e. The molecule has 1 fully saturated rings. The zero-order valence-electron chi connectivity index (χ0n) is 17.7. The van der Waals surface area contributed by atoms with Gasteiger partial charge in [0.15, 0.2) is 0 Å². The van der Waals surface area contributed by atoms with Crippen molar-refractivity contribution in [1.29, 1.82) is 0 Å². The predicted molar refractivity (Wildman–Crippen MR) is 126 cm³/mol. The number of fused-ring (bicyclic) bond motifs is 3. The predicted octanol–water partition coefficient (Wildman–Crippen LogP) is 6.93. The minimum absolute atomic E-state index is 0.848. The Balaban J connectivity index is 1.60. The SMILES string of the molecule is C[Si](C)(C)c1cnc(-c2ccc3oc4ccccc4c3c2)cc1CC1CCCC1. The number of para-hydroxylation sites is 1. The van der Waals surface area contributed by atoms with Crippen LogP contribution in [-0.2, 0) is 6.42 Å². The maximum atomic E-state index is 6.00. The van der Waals surface area contributed by atoms with Crippen molar-refractivity contribution >= 4 is 35.2 Å². The van der Waals surface area contributed by atoms with Crippen LogP contribution < -0.4 is 5.19 Å². The first kappa shape index (κ1) is 18.6. The molecule has 0 amide bonds. The number of hydrogen-bond acceptors (Lipinski definition) is 2. The van der Waals surface area contributed by atoms with Crippen LogP contribution in [0.25, 0.3) is 33.2 Å². The number of aromatic nitrogens is 1. The first-order chi connectivity index (χ1) is 14.0. The first-order valence-corrected chi connectivity index (χ1v) is 14.4. The van der Waals surface area contributed by atoms with E-state index in [4.69, 9.17) is 9.40 Å². The molecule has 0 atom stereocenters. The standard InChI is InChI=1S/C26H29NOSi/c1-29(2,3)26-17-27-23(16-20(26)14-18-8-4-5-9-18)19-12-13-25-22(15-19)21-10-6-7-11-24(21)28-25/h6-7,10-13,15-18H,4-5,8-9,14H2,1-3H3. The Hall–Kier alpha value is -2.39. The summed E-state index contributed by atoms with van der Waals surface area (Å²) in [6.07, 6.45) is 8.96. The summed E-state index contributed by atoms with van der Waals surface area (Å²) in [6, 6.07) is 17.2. The fraction of sp³-hybridized carbons (Fsp3) is 0.346. The van der Waals surface area contributed by atoms with Crippen LogP contribution in [0.2, 0.25) is 19.6 Å². The van der Waals surface area contributed by atoms with Crippen molar-refractivity contribution in [2.75, 3.05) is 0 Å². The molecule has 4 aromatic rings. The summed E-state index contributed by atoms with van der Waals surface area (Å²) in [7, 11) is -1.42. The molecule has 0 N–H and O–H groups in total. The van der Waals surface area contributed by atoms with Crippen LogP contribution in [0.5, 0.6) is 0 Å². The van der Waals surface area contributed by atoms with Crippen LogP contribution in [0.1, 0.15) is 31.2 Å². The topological polar surface area (TPSA) is 26.0 Å². The third-order valence-corrected chi connectivity index (χ3v) is 8.52. The number of rotatable bonds is 4. The Morgan fingerprint density at radius 3 is 2.48 bits per heavy atom. The third kappa shape index (κ3) is 3.53. The molecule has 0 bridgehead atoms. The molecule has 148 valence electrons. The van der Waals surface area contributed by atoms with E-state index < -0.39 is 8.07 Å². The highest BCUT2D eigenvalue weighted by atomic mass is 28.3. The van der Waals surface area contributed by atoms with Gasteiger partial charge in [-0.25, -0.2) is 0 Å². The molecule has 0 saturated heterocycles. The van der Waals surface area contributed by atoms with E-state index in [2.05, 4.69) is 62.2 Å². The molecule has 1 saturated carbocycles. The van der Waals surface area contributed by atoms with Crippen LogP contribution in [0.15, 0.2) is 59.1 Å². The Morgan fingerprint density at radius 2 is 1.69 bits per heavy atom. The highest BCUT2D eigenvalue weighted by Gasteiger charge is 2.24. The van der Waals surface area contributed by atoms with E-state index in [0.717, 1.165) is 22.8 Å². The van der Waals surface area contributed by atoms with Gasteiger partial charge in [-0.05, 0) is 53.4 Å². The van der Waals surface area contributed by atoms with Crippen LogP contribution in [0.4, 0.5) is 0 Å². The van der Waals surface area contributed by atoms with Crippen molar-refractivity contribution in [2.45, 2.75) is 51.7 Å². The number of nitrogens with zero attached hydrogens (tertiary/aromatic N) is 1. The molecule has 0 spiro atoms. The summed E-state index contributed by atoms with van der Waals surface area (Å²) in [5.74, 6) is 0.848. The Kier molecular flexibility index (Phi) is 4.58. The summed E-state index contributed by atoms with van der Waals surface area (Å²) >= 11 is 0. The Labute approximate surface area is 174 Å². The van der Waals surface area contributed by atoms with Gasteiger partial charge < -0.3 is 4.42 Å². The van der Waals surface area contributed by atoms with Crippen LogP contribution in [0, 0.1) is 5.92 Å². The second-order valence-electron chi connectivity index (χ2n) is 9.64. The van der Waals surface area contributed by atoms with E-state index in [9.17, 15) is 0 Å². The van der Waals surface area contributed by atoms with E-state index in [1.807, 2.05) is 12.1 Å². The summed E-state index contributed by atoms with van der Waals surface area (Å²) in [5, 5.41) is 3.88. The van der Waals surface area contributed by atoms with Crippen LogP contribution in [0.3, 0.4) is 0 Å². The molecule has 0 unspecified atom stereocenters. The molecule has 1 aliphatic carbocycles. The molecule has 5 rings (SSSR count). The van der Waals surface area contributed by atoms with Crippen molar-refractivity contribution in [3.8, 4) is 11.3 Å². The zero-order chi connectivity index (χ0) is 20.0. The minimum atomic E-state index is -1.42. The molecule has 2 aromatic heterocycles. The van der Waals surface area contributed by atoms with Crippen molar-refractivity contribution < 1.29 is 4.42 Å². The lowest BCUT2D eigenvalue weighted by atomic mass is 9.97. The Morgan fingerprint density at radius 1 is 0.931 bits per heavy atom. The lowest BCUT2D eigenvalue weighted by Gasteiger charge is -2.23. The lowest BCUT2D eigenvalue weighted by molar-refractivity contribution is 0.547. The minimum Gasteiger partial charge on any atom is -0.456 e. The van der Waals surface area contributed by atoms with Crippen molar-refractivity contribution in [1.82, 2.24) is 4.98 Å². The van der Waals surface area contributed by atoms with E-state index in [-0.39, 0.29) is 0 Å². The van der Waals surface area contributed by atoms with Crippen LogP contribution in [-0.4, -0.2) is 13.1 Å². The summed E-state index contributed by atoms with van der Waals surface area (Å²) < 4.78 is 6.00. The summed E-state index contributed by atoms with van der Waals surface area (Å²) in [6.45, 7) is 7.31. The molecule has 1 aliphatic rings. The molecular weight excluding hydrogens is 370 g/mol. The fourth-order valence-electron chi connectivity index (χ4n) is 4.91. The van der Waals surface area contributed by atoms with Crippen molar-refractivity contribution in [3.05, 3.63) is 60.3 Å². The van der Waals surface area contributed by atoms with Crippen molar-refractivity contribution in [2.24, 2.45) is 5.92 Å². The second-order valence-corrected chi connectivity index (χ2v) is 14.7. The number of benzene rings is 2. The smallest absolute Gasteiger partial charge is 0.135 e. The normalized spacial score (nSPS) is 15.6. The highest BCUT2D eigenvalue weighted by Crippen LogP contribution is 2.33. The monoisotopic (exact) mass is 399 g/mol. The number of furan rings is 1. The van der Waals surface area contributed by atoms with E-state index >= 15 is 0 Å². The fourth-order valence-corrected chi connectivity index (χ4v) is 6.50. The quantitative estimate of drug-likeness (QED) is 0.348. The second kappa shape index (κ2) is 7.14. The van der Waals surface area contributed by atoms with Gasteiger partial charge in [0.25, 0.3) is 0 Å². The van der Waals surface area contributed by atoms with E-state index in [1.54, 1.807) is 5.56 Å². The molecule has 2 heterocycles. The third-order valence-electron chi connectivity index (χ3n) is 6.45. The molecule has 29 heavy (non-hydrogen) atoms. The molecule has 0 radical (unpaired) electrons. The molecular formula is C26H29NOSi.